The van der Waals surface area contributed by atoms with E-state index in [2.05, 4.69) is 27.4 Å². The van der Waals surface area contributed by atoms with E-state index in [9.17, 15) is 19.7 Å². The van der Waals surface area contributed by atoms with Crippen molar-refractivity contribution in [2.75, 3.05) is 6.61 Å². The molecule has 0 unspecified atom stereocenters. The third-order valence-electron chi connectivity index (χ3n) is 11.2. The SMILES string of the molecule is C=C[C@]1(C)C[C@@H](OC(=O)COc2cc(CN)c3c(c2)B(O)OC3)[C@]2(C)[C@H](C)CC[C@]3(CCC(=O)[C@H]32)[C@@H](C)[C@@H]1O. The summed E-state index contributed by atoms with van der Waals surface area (Å²) in [6, 6.07) is 3.42. The summed E-state index contributed by atoms with van der Waals surface area (Å²) in [5, 5.41) is 21.8. The van der Waals surface area contributed by atoms with Gasteiger partial charge in [0.05, 0.1) is 12.7 Å². The van der Waals surface area contributed by atoms with Crippen molar-refractivity contribution in [2.24, 2.45) is 39.7 Å². The number of nitrogens with two attached hydrogens (primary N) is 1. The second-order valence-corrected chi connectivity index (χ2v) is 12.9. The molecule has 8 nitrogen and oxygen atoms in total. The Hall–Kier alpha value is -2.20. The van der Waals surface area contributed by atoms with E-state index in [1.165, 1.54) is 0 Å². The number of aliphatic hydroxyl groups excluding tert-OH is 1. The van der Waals surface area contributed by atoms with E-state index < -0.39 is 36.1 Å². The summed E-state index contributed by atoms with van der Waals surface area (Å²) < 4.78 is 17.4. The second-order valence-electron chi connectivity index (χ2n) is 12.9. The Balaban J connectivity index is 1.44. The number of ether oxygens (including phenoxy) is 2. The fourth-order valence-corrected chi connectivity index (χ4v) is 8.48. The van der Waals surface area contributed by atoms with Crippen molar-refractivity contribution >= 4 is 24.3 Å². The number of hydrogen-bond acceptors (Lipinski definition) is 8. The van der Waals surface area contributed by atoms with Crippen molar-refractivity contribution < 1.29 is 33.8 Å². The topological polar surface area (TPSA) is 128 Å². The Labute approximate surface area is 231 Å². The Morgan fingerprint density at radius 2 is 2.05 bits per heavy atom. The van der Waals surface area contributed by atoms with Crippen LogP contribution < -0.4 is 15.9 Å². The zero-order valence-electron chi connectivity index (χ0n) is 23.6. The highest BCUT2D eigenvalue weighted by Crippen LogP contribution is 2.68. The van der Waals surface area contributed by atoms with Gasteiger partial charge in [-0.3, -0.25) is 4.79 Å². The fraction of sp³-hybridized carbons (Fsp3) is 0.667. The minimum atomic E-state index is -1.06. The largest absolute Gasteiger partial charge is 0.491 e. The van der Waals surface area contributed by atoms with E-state index in [1.54, 1.807) is 18.2 Å². The molecule has 5 rings (SSSR count). The molecule has 4 N–H and O–H groups in total. The van der Waals surface area contributed by atoms with Crippen LogP contribution in [0.4, 0.5) is 0 Å². The summed E-state index contributed by atoms with van der Waals surface area (Å²) in [5.74, 6) is -0.141. The molecule has 4 aliphatic rings. The summed E-state index contributed by atoms with van der Waals surface area (Å²) in [4.78, 5) is 26.9. The maximum atomic E-state index is 13.5. The molecule has 1 aromatic rings. The van der Waals surface area contributed by atoms with Crippen LogP contribution in [-0.2, 0) is 32.1 Å². The Morgan fingerprint density at radius 3 is 2.74 bits per heavy atom. The quantitative estimate of drug-likeness (QED) is 0.286. The molecule has 0 radical (unpaired) electrons. The van der Waals surface area contributed by atoms with Crippen LogP contribution in [0, 0.1) is 34.0 Å². The first-order valence-corrected chi connectivity index (χ1v) is 14.2. The zero-order valence-corrected chi connectivity index (χ0v) is 23.6. The van der Waals surface area contributed by atoms with Gasteiger partial charge in [0.2, 0.25) is 0 Å². The number of fused-ring (bicyclic) bond motifs is 1. The average molecular weight is 539 g/mol. The number of benzene rings is 1. The highest BCUT2D eigenvalue weighted by molar-refractivity contribution is 6.61. The zero-order chi connectivity index (χ0) is 28.3. The summed E-state index contributed by atoms with van der Waals surface area (Å²) in [5.41, 5.74) is 6.51. The molecule has 9 heteroatoms. The van der Waals surface area contributed by atoms with Crippen LogP contribution in [0.2, 0.25) is 0 Å². The highest BCUT2D eigenvalue weighted by Gasteiger charge is 2.68. The smallest absolute Gasteiger partial charge is 0.482 e. The van der Waals surface area contributed by atoms with Gasteiger partial charge in [0.25, 0.3) is 0 Å². The average Bonchev–Trinajstić information content (AvgIpc) is 3.48. The molecule has 1 aromatic carbocycles. The molecule has 212 valence electrons. The van der Waals surface area contributed by atoms with E-state index in [0.717, 1.165) is 30.4 Å². The van der Waals surface area contributed by atoms with Crippen LogP contribution in [0.15, 0.2) is 24.8 Å². The van der Waals surface area contributed by atoms with Gasteiger partial charge >= 0.3 is 13.1 Å². The van der Waals surface area contributed by atoms with Crippen molar-refractivity contribution in [2.45, 2.75) is 85.2 Å². The maximum absolute atomic E-state index is 13.5. The van der Waals surface area contributed by atoms with Gasteiger partial charge in [-0.1, -0.05) is 33.8 Å². The number of hydrogen-bond donors (Lipinski definition) is 3. The molecular weight excluding hydrogens is 497 g/mol. The minimum Gasteiger partial charge on any atom is -0.482 e. The number of ketones is 1. The lowest BCUT2D eigenvalue weighted by Gasteiger charge is -2.61. The third-order valence-corrected chi connectivity index (χ3v) is 11.2. The van der Waals surface area contributed by atoms with Crippen LogP contribution in [-0.4, -0.2) is 47.8 Å². The first-order chi connectivity index (χ1) is 18.4. The molecule has 0 amide bonds. The monoisotopic (exact) mass is 539 g/mol. The number of rotatable bonds is 6. The lowest BCUT2D eigenvalue weighted by molar-refractivity contribution is -0.207. The predicted octanol–water partition coefficient (Wildman–Crippen LogP) is 2.65. The molecule has 3 aliphatic carbocycles. The van der Waals surface area contributed by atoms with E-state index >= 15 is 0 Å². The van der Waals surface area contributed by atoms with Gasteiger partial charge in [0, 0.05) is 29.7 Å². The molecule has 2 bridgehead atoms. The predicted molar refractivity (Wildman–Crippen MR) is 147 cm³/mol. The van der Waals surface area contributed by atoms with Crippen LogP contribution in [0.1, 0.15) is 70.9 Å². The minimum absolute atomic E-state index is 0.0837. The van der Waals surface area contributed by atoms with Crippen LogP contribution in [0.3, 0.4) is 0 Å². The van der Waals surface area contributed by atoms with Crippen molar-refractivity contribution in [1.82, 2.24) is 0 Å². The fourth-order valence-electron chi connectivity index (χ4n) is 8.48. The van der Waals surface area contributed by atoms with Gasteiger partial charge in [0.1, 0.15) is 17.6 Å². The molecule has 0 saturated heterocycles. The number of esters is 1. The number of Topliss-reactive ketones (excluding diaryl/α,β-unsaturated/α-hetero) is 1. The van der Waals surface area contributed by atoms with Crippen LogP contribution in [0.25, 0.3) is 0 Å². The van der Waals surface area contributed by atoms with E-state index in [0.29, 0.717) is 24.1 Å². The van der Waals surface area contributed by atoms with Gasteiger partial charge in [-0.2, -0.15) is 0 Å². The van der Waals surface area contributed by atoms with Gasteiger partial charge in [-0.05, 0) is 71.7 Å². The van der Waals surface area contributed by atoms with Crippen LogP contribution in [0.5, 0.6) is 5.75 Å². The molecule has 8 atom stereocenters. The molecule has 1 heterocycles. The van der Waals surface area contributed by atoms with E-state index in [-0.39, 0.29) is 48.7 Å². The Kier molecular flexibility index (Phi) is 7.28. The summed E-state index contributed by atoms with van der Waals surface area (Å²) in [6.45, 7) is 12.6. The van der Waals surface area contributed by atoms with Crippen molar-refractivity contribution in [3.8, 4) is 5.75 Å². The third kappa shape index (κ3) is 4.28. The lowest BCUT2D eigenvalue weighted by atomic mass is 9.44. The van der Waals surface area contributed by atoms with E-state index in [4.69, 9.17) is 19.9 Å². The molecule has 1 aliphatic heterocycles. The van der Waals surface area contributed by atoms with Crippen molar-refractivity contribution in [3.63, 3.8) is 0 Å². The van der Waals surface area contributed by atoms with Gasteiger partial charge in [-0.15, -0.1) is 6.58 Å². The van der Waals surface area contributed by atoms with Crippen molar-refractivity contribution in [1.29, 1.82) is 0 Å². The molecule has 39 heavy (non-hydrogen) atoms. The standard InChI is InChI=1S/C30H42BNO7/c1-6-28(4)13-24(29(5)17(2)7-9-30(18(3)27(28)35)10-8-23(33)26(29)30)39-25(34)16-37-20-11-19(14-32)21-15-38-31(36)22(21)12-20/h6,11-12,17-18,24,26-27,35-36H,1,7-10,13-16,32H2,2-5H3/t17-,18+,24-,26+,27+,28-,29+,30+/m1/s1. The number of carbonyl (C=O) groups excluding carboxylic acids is 2. The van der Waals surface area contributed by atoms with Gasteiger partial charge in [-0.25, -0.2) is 4.79 Å². The molecule has 3 saturated carbocycles. The Morgan fingerprint density at radius 1 is 1.31 bits per heavy atom. The van der Waals surface area contributed by atoms with Crippen molar-refractivity contribution in [3.05, 3.63) is 35.9 Å². The van der Waals surface area contributed by atoms with E-state index in [1.807, 2.05) is 6.92 Å². The maximum Gasteiger partial charge on any atom is 0.491 e. The van der Waals surface area contributed by atoms with Crippen LogP contribution >= 0.6 is 0 Å². The number of carbonyl (C=O) groups is 2. The summed E-state index contributed by atoms with van der Waals surface area (Å²) in [6.07, 6.45) is 3.88. The lowest BCUT2D eigenvalue weighted by Crippen LogP contribution is -2.63. The normalized spacial score (nSPS) is 39.4. The first kappa shape index (κ1) is 28.3. The first-order valence-electron chi connectivity index (χ1n) is 14.2. The molecule has 3 fully saturated rings. The Bertz CT molecular complexity index is 1170. The summed E-state index contributed by atoms with van der Waals surface area (Å²) in [7, 11) is -1.06. The number of aliphatic hydroxyl groups is 1. The highest BCUT2D eigenvalue weighted by atomic mass is 16.6. The van der Waals surface area contributed by atoms with Gasteiger partial charge < -0.3 is 30.0 Å². The summed E-state index contributed by atoms with van der Waals surface area (Å²) >= 11 is 0. The molecule has 0 spiro atoms. The molecular formula is C30H42BNO7. The second kappa shape index (κ2) is 10.0. The molecule has 0 aromatic heterocycles. The van der Waals surface area contributed by atoms with Gasteiger partial charge in [0.15, 0.2) is 6.61 Å².